The van der Waals surface area contributed by atoms with Gasteiger partial charge in [-0.2, -0.15) is 0 Å². The summed E-state index contributed by atoms with van der Waals surface area (Å²) in [5, 5.41) is 6.92. The minimum Gasteiger partial charge on any atom is -0.490 e. The highest BCUT2D eigenvalue weighted by Crippen LogP contribution is 2.33. The van der Waals surface area contributed by atoms with E-state index in [9.17, 15) is 0 Å². The van der Waals surface area contributed by atoms with Crippen molar-refractivity contribution in [3.8, 4) is 11.5 Å². The van der Waals surface area contributed by atoms with Gasteiger partial charge in [0.2, 0.25) is 0 Å². The third-order valence-corrected chi connectivity index (χ3v) is 6.09. The number of likely N-dealkylation sites (tertiary alicyclic amines) is 1. The number of nitrogens with one attached hydrogen (secondary N) is 2. The van der Waals surface area contributed by atoms with Crippen LogP contribution in [0.5, 0.6) is 11.5 Å². The van der Waals surface area contributed by atoms with Crippen molar-refractivity contribution in [2.75, 3.05) is 71.6 Å². The lowest BCUT2D eigenvalue weighted by atomic mass is 10.1. The number of hydrogen-bond acceptors (Lipinski definition) is 6. The molecule has 0 spiro atoms. The van der Waals surface area contributed by atoms with Crippen LogP contribution in [0, 0.1) is 5.92 Å². The molecule has 178 valence electrons. The molecule has 8 nitrogen and oxygen atoms in total. The summed E-state index contributed by atoms with van der Waals surface area (Å²) in [6.07, 6.45) is 5.80. The summed E-state index contributed by atoms with van der Waals surface area (Å²) in [5.74, 6) is 3.03. The number of rotatable bonds is 11. The van der Waals surface area contributed by atoms with Crippen LogP contribution in [0.3, 0.4) is 0 Å². The maximum atomic E-state index is 5.84. The quantitative estimate of drug-likeness (QED) is 0.307. The highest BCUT2D eigenvalue weighted by Gasteiger charge is 2.34. The fraction of sp³-hybridized carbons (Fsp3) is 0.708. The molecule has 1 aromatic carbocycles. The van der Waals surface area contributed by atoms with Crippen LogP contribution in [0.4, 0.5) is 5.69 Å². The summed E-state index contributed by atoms with van der Waals surface area (Å²) < 4.78 is 22.2. The summed E-state index contributed by atoms with van der Waals surface area (Å²) in [4.78, 5) is 7.57. The second-order valence-electron chi connectivity index (χ2n) is 8.79. The Morgan fingerprint density at radius 1 is 1.12 bits per heavy atom. The zero-order valence-corrected chi connectivity index (χ0v) is 19.3. The van der Waals surface area contributed by atoms with Crippen molar-refractivity contribution in [2.45, 2.75) is 38.1 Å². The topological polar surface area (TPSA) is 76.6 Å². The third-order valence-electron chi connectivity index (χ3n) is 6.09. The second kappa shape index (κ2) is 12.3. The van der Waals surface area contributed by atoms with E-state index in [4.69, 9.17) is 23.9 Å². The van der Waals surface area contributed by atoms with E-state index in [0.29, 0.717) is 39.0 Å². The first-order valence-electron chi connectivity index (χ1n) is 12.1. The minimum atomic E-state index is 0.630. The van der Waals surface area contributed by atoms with Crippen molar-refractivity contribution in [1.29, 1.82) is 0 Å². The number of fused-ring (bicyclic) bond motifs is 1. The molecular formula is C24H38N4O4. The van der Waals surface area contributed by atoms with Gasteiger partial charge in [-0.1, -0.05) is 0 Å². The molecule has 4 rings (SSSR count). The molecule has 3 aliphatic rings. The molecule has 8 heteroatoms. The summed E-state index contributed by atoms with van der Waals surface area (Å²) in [6, 6.07) is 6.83. The van der Waals surface area contributed by atoms with E-state index < -0.39 is 0 Å². The van der Waals surface area contributed by atoms with Gasteiger partial charge in [0.15, 0.2) is 17.5 Å². The molecule has 2 N–H and O–H groups in total. The maximum absolute atomic E-state index is 5.84. The first-order valence-corrected chi connectivity index (χ1v) is 12.1. The Bertz CT molecular complexity index is 741. The van der Waals surface area contributed by atoms with E-state index in [1.165, 1.54) is 32.4 Å². The minimum absolute atomic E-state index is 0.630. The van der Waals surface area contributed by atoms with Crippen LogP contribution in [0.15, 0.2) is 23.2 Å². The van der Waals surface area contributed by atoms with Gasteiger partial charge >= 0.3 is 0 Å². The zero-order chi connectivity index (χ0) is 22.0. The largest absolute Gasteiger partial charge is 0.490 e. The van der Waals surface area contributed by atoms with Crippen LogP contribution in [0.1, 0.15) is 32.1 Å². The van der Waals surface area contributed by atoms with Gasteiger partial charge in [-0.15, -0.1) is 0 Å². The second-order valence-corrected chi connectivity index (χ2v) is 8.79. The number of guanidine groups is 1. The molecule has 2 fully saturated rings. The van der Waals surface area contributed by atoms with Crippen molar-refractivity contribution >= 4 is 11.6 Å². The number of ether oxygens (including phenoxy) is 4. The van der Waals surface area contributed by atoms with Gasteiger partial charge in [0.1, 0.15) is 0 Å². The number of anilines is 1. The van der Waals surface area contributed by atoms with Crippen molar-refractivity contribution in [3.63, 3.8) is 0 Å². The van der Waals surface area contributed by atoms with Gasteiger partial charge in [-0.05, 0) is 50.3 Å². The van der Waals surface area contributed by atoms with Crippen molar-refractivity contribution < 1.29 is 18.9 Å². The molecule has 2 aliphatic heterocycles. The molecule has 1 unspecified atom stereocenters. The van der Waals surface area contributed by atoms with Crippen LogP contribution in [-0.2, 0) is 9.47 Å². The van der Waals surface area contributed by atoms with Crippen LogP contribution in [-0.4, -0.2) is 83.2 Å². The molecule has 1 atom stereocenters. The molecule has 1 saturated heterocycles. The Morgan fingerprint density at radius 3 is 2.84 bits per heavy atom. The highest BCUT2D eigenvalue weighted by molar-refractivity contribution is 5.94. The molecule has 0 radical (unpaired) electrons. The first-order chi connectivity index (χ1) is 15.8. The summed E-state index contributed by atoms with van der Waals surface area (Å²) in [6.45, 7) is 7.37. The van der Waals surface area contributed by atoms with Crippen LogP contribution >= 0.6 is 0 Å². The normalized spacial score (nSPS) is 21.4. The Labute approximate surface area is 191 Å². The number of hydrogen-bond donors (Lipinski definition) is 2. The predicted octanol–water partition coefficient (Wildman–Crippen LogP) is 2.74. The zero-order valence-electron chi connectivity index (χ0n) is 19.3. The molecular weight excluding hydrogens is 408 g/mol. The standard InChI is InChI=1S/C24H38N4O4/c1-29-14-15-30-11-2-9-25-24(26-17-19-8-10-28(18-19)21-5-6-21)27-20-4-7-22-23(16-20)32-13-3-12-31-22/h4,7,16,19,21H,2-3,5-6,8-15,17-18H2,1H3,(H2,25,26,27). The molecule has 1 saturated carbocycles. The average Bonchev–Trinajstić information content (AvgIpc) is 3.59. The van der Waals surface area contributed by atoms with Crippen molar-refractivity contribution in [1.82, 2.24) is 10.2 Å². The monoisotopic (exact) mass is 446 g/mol. The number of aliphatic imine (C=N–C) groups is 1. The molecule has 0 bridgehead atoms. The van der Waals surface area contributed by atoms with Gasteiger partial charge in [0, 0.05) is 57.6 Å². The molecule has 1 aliphatic carbocycles. The lowest BCUT2D eigenvalue weighted by Crippen LogP contribution is -2.33. The van der Waals surface area contributed by atoms with Crippen LogP contribution < -0.4 is 20.1 Å². The average molecular weight is 447 g/mol. The van der Waals surface area contributed by atoms with Crippen LogP contribution in [0.2, 0.25) is 0 Å². The molecule has 0 aromatic heterocycles. The van der Waals surface area contributed by atoms with E-state index in [-0.39, 0.29) is 0 Å². The maximum Gasteiger partial charge on any atom is 0.195 e. The number of benzene rings is 1. The molecule has 0 amide bonds. The van der Waals surface area contributed by atoms with Crippen molar-refractivity contribution in [2.24, 2.45) is 10.9 Å². The Hall–Kier alpha value is -2.03. The van der Waals surface area contributed by atoms with Crippen LogP contribution in [0.25, 0.3) is 0 Å². The first kappa shape index (κ1) is 23.1. The number of nitrogens with zero attached hydrogens (tertiary/aromatic N) is 2. The third kappa shape index (κ3) is 7.25. The van der Waals surface area contributed by atoms with E-state index in [1.54, 1.807) is 7.11 Å². The highest BCUT2D eigenvalue weighted by atomic mass is 16.5. The van der Waals surface area contributed by atoms with Gasteiger partial charge in [0.05, 0.1) is 26.4 Å². The van der Waals surface area contributed by atoms with Gasteiger partial charge in [-0.25, -0.2) is 0 Å². The van der Waals surface area contributed by atoms with Crippen molar-refractivity contribution in [3.05, 3.63) is 18.2 Å². The fourth-order valence-electron chi connectivity index (χ4n) is 4.15. The van der Waals surface area contributed by atoms with E-state index in [1.807, 2.05) is 18.2 Å². The van der Waals surface area contributed by atoms with Gasteiger partial charge in [0.25, 0.3) is 0 Å². The molecule has 2 heterocycles. The van der Waals surface area contributed by atoms with Gasteiger partial charge in [-0.3, -0.25) is 4.99 Å². The van der Waals surface area contributed by atoms with E-state index in [0.717, 1.165) is 55.1 Å². The lowest BCUT2D eigenvalue weighted by molar-refractivity contribution is 0.0699. The smallest absolute Gasteiger partial charge is 0.195 e. The van der Waals surface area contributed by atoms with Gasteiger partial charge < -0.3 is 34.5 Å². The van der Waals surface area contributed by atoms with E-state index in [2.05, 4.69) is 15.5 Å². The lowest BCUT2D eigenvalue weighted by Gasteiger charge is -2.16. The Balaban J connectivity index is 1.31. The van der Waals surface area contributed by atoms with E-state index >= 15 is 0 Å². The Kier molecular flexibility index (Phi) is 8.88. The molecule has 32 heavy (non-hydrogen) atoms. The summed E-state index contributed by atoms with van der Waals surface area (Å²) >= 11 is 0. The fourth-order valence-corrected chi connectivity index (χ4v) is 4.15. The number of methoxy groups -OCH3 is 1. The summed E-state index contributed by atoms with van der Waals surface area (Å²) in [7, 11) is 1.69. The predicted molar refractivity (Wildman–Crippen MR) is 126 cm³/mol. The summed E-state index contributed by atoms with van der Waals surface area (Å²) in [5.41, 5.74) is 0.947. The Morgan fingerprint density at radius 2 is 2.00 bits per heavy atom. The molecule has 1 aromatic rings. The SMILES string of the molecule is COCCOCCCNC(=NCC1CCN(C2CC2)C1)Nc1ccc2c(c1)OCCCO2.